The van der Waals surface area contributed by atoms with Gasteiger partial charge in [0, 0.05) is 26.1 Å². The molecule has 6 heteroatoms. The van der Waals surface area contributed by atoms with Crippen LogP contribution in [0.4, 0.5) is 8.78 Å². The summed E-state index contributed by atoms with van der Waals surface area (Å²) in [5, 5.41) is 13.0. The molecule has 132 valence electrons. The lowest BCUT2D eigenvalue weighted by atomic mass is 9.63. The fraction of sp³-hybridized carbons (Fsp3) is 1.00. The molecule has 0 aliphatic heterocycles. The smallest absolute Gasteiger partial charge is 0.268 e. The number of hydrogen-bond acceptors (Lipinski definition) is 4. The number of halogens is 2. The van der Waals surface area contributed by atoms with Crippen LogP contribution in [0.25, 0.3) is 0 Å². The van der Waals surface area contributed by atoms with Gasteiger partial charge in [0.05, 0.1) is 12.7 Å². The second-order valence-electron chi connectivity index (χ2n) is 8.19. The van der Waals surface area contributed by atoms with Crippen molar-refractivity contribution in [2.24, 2.45) is 16.6 Å². The summed E-state index contributed by atoms with van der Waals surface area (Å²) in [6.45, 7) is 7.82. The summed E-state index contributed by atoms with van der Waals surface area (Å²) >= 11 is 0. The number of alkyl halides is 2. The van der Waals surface area contributed by atoms with Gasteiger partial charge in [0.1, 0.15) is 6.61 Å². The van der Waals surface area contributed by atoms with E-state index in [4.69, 9.17) is 10.5 Å². The number of nitrogens with two attached hydrogens (primary N) is 1. The van der Waals surface area contributed by atoms with E-state index in [2.05, 4.69) is 26.1 Å². The van der Waals surface area contributed by atoms with Crippen LogP contribution in [0.3, 0.4) is 0 Å². The molecule has 4 nitrogen and oxygen atoms in total. The standard InChI is InChI=1S/C16H32F2N2O2/c1-14(2)5-12(19)6-15(3,9-14)10-20-7-13(21)8-22-11-16(4,17)18/h12-13,20-21H,5-11,19H2,1-4H3. The second-order valence-corrected chi connectivity index (χ2v) is 8.19. The van der Waals surface area contributed by atoms with Crippen LogP contribution in [0.15, 0.2) is 0 Å². The number of ether oxygens (including phenoxy) is 1. The molecule has 3 unspecified atom stereocenters. The van der Waals surface area contributed by atoms with Gasteiger partial charge in [-0.2, -0.15) is 0 Å². The molecule has 1 fully saturated rings. The van der Waals surface area contributed by atoms with E-state index < -0.39 is 18.6 Å². The molecule has 22 heavy (non-hydrogen) atoms. The molecule has 0 amide bonds. The van der Waals surface area contributed by atoms with Gasteiger partial charge in [-0.1, -0.05) is 20.8 Å². The highest BCUT2D eigenvalue weighted by Crippen LogP contribution is 2.45. The zero-order chi connectivity index (χ0) is 17.0. The molecule has 4 N–H and O–H groups in total. The minimum absolute atomic E-state index is 0.0852. The van der Waals surface area contributed by atoms with Gasteiger partial charge in [-0.25, -0.2) is 8.78 Å². The van der Waals surface area contributed by atoms with E-state index in [-0.39, 0.29) is 23.5 Å². The first-order chi connectivity index (χ1) is 9.91. The predicted molar refractivity (Wildman–Crippen MR) is 84.0 cm³/mol. The lowest BCUT2D eigenvalue weighted by Crippen LogP contribution is -2.47. The van der Waals surface area contributed by atoms with Crippen molar-refractivity contribution in [2.45, 2.75) is 65.0 Å². The Balaban J connectivity index is 2.28. The minimum atomic E-state index is -2.86. The molecule has 0 aromatic rings. The summed E-state index contributed by atoms with van der Waals surface area (Å²) in [5.74, 6) is -2.86. The van der Waals surface area contributed by atoms with Crippen LogP contribution < -0.4 is 11.1 Å². The van der Waals surface area contributed by atoms with Crippen molar-refractivity contribution in [1.29, 1.82) is 0 Å². The monoisotopic (exact) mass is 322 g/mol. The van der Waals surface area contributed by atoms with E-state index in [1.54, 1.807) is 0 Å². The largest absolute Gasteiger partial charge is 0.389 e. The zero-order valence-electron chi connectivity index (χ0n) is 14.3. The first-order valence-electron chi connectivity index (χ1n) is 8.01. The summed E-state index contributed by atoms with van der Waals surface area (Å²) < 4.78 is 30.0. The second kappa shape index (κ2) is 7.51. The van der Waals surface area contributed by atoms with Gasteiger partial charge in [-0.3, -0.25) is 0 Å². The molecular weight excluding hydrogens is 290 g/mol. The predicted octanol–water partition coefficient (Wildman–Crippen LogP) is 2.15. The van der Waals surface area contributed by atoms with Crippen molar-refractivity contribution in [1.82, 2.24) is 5.32 Å². The maximum Gasteiger partial charge on any atom is 0.268 e. The van der Waals surface area contributed by atoms with Crippen molar-refractivity contribution in [3.05, 3.63) is 0 Å². The highest BCUT2D eigenvalue weighted by Gasteiger charge is 2.39. The molecule has 0 radical (unpaired) electrons. The average Bonchev–Trinajstić information content (AvgIpc) is 2.22. The quantitative estimate of drug-likeness (QED) is 0.640. The Bertz CT molecular complexity index is 348. The van der Waals surface area contributed by atoms with Gasteiger partial charge in [0.25, 0.3) is 5.92 Å². The topological polar surface area (TPSA) is 67.5 Å². The van der Waals surface area contributed by atoms with Crippen molar-refractivity contribution in [3.8, 4) is 0 Å². The third kappa shape index (κ3) is 7.81. The highest BCUT2D eigenvalue weighted by atomic mass is 19.3. The number of aliphatic hydroxyl groups excluding tert-OH is 1. The lowest BCUT2D eigenvalue weighted by molar-refractivity contribution is -0.0787. The Morgan fingerprint density at radius 3 is 2.55 bits per heavy atom. The maximum absolute atomic E-state index is 12.6. The van der Waals surface area contributed by atoms with Crippen LogP contribution >= 0.6 is 0 Å². The Morgan fingerprint density at radius 2 is 2.00 bits per heavy atom. The van der Waals surface area contributed by atoms with E-state index in [1.807, 2.05) is 0 Å². The SMILES string of the molecule is CC(F)(F)COCC(O)CNCC1(C)CC(N)CC(C)(C)C1. The molecule has 1 rings (SSSR count). The zero-order valence-corrected chi connectivity index (χ0v) is 14.3. The molecule has 1 aliphatic rings. The number of aliphatic hydroxyl groups is 1. The molecule has 0 heterocycles. The van der Waals surface area contributed by atoms with E-state index in [9.17, 15) is 13.9 Å². The van der Waals surface area contributed by atoms with Gasteiger partial charge < -0.3 is 20.9 Å². The Labute approximate surface area is 132 Å². The summed E-state index contributed by atoms with van der Waals surface area (Å²) in [4.78, 5) is 0. The average molecular weight is 322 g/mol. The number of rotatable bonds is 8. The van der Waals surface area contributed by atoms with E-state index in [1.165, 1.54) is 0 Å². The summed E-state index contributed by atoms with van der Waals surface area (Å²) in [6, 6.07) is 0.204. The molecular formula is C16H32F2N2O2. The first-order valence-corrected chi connectivity index (χ1v) is 8.01. The van der Waals surface area contributed by atoms with Crippen molar-refractivity contribution < 1.29 is 18.6 Å². The molecule has 0 bridgehead atoms. The van der Waals surface area contributed by atoms with Gasteiger partial charge in [0.15, 0.2) is 0 Å². The maximum atomic E-state index is 12.6. The van der Waals surface area contributed by atoms with Crippen molar-refractivity contribution in [2.75, 3.05) is 26.3 Å². The van der Waals surface area contributed by atoms with E-state index >= 15 is 0 Å². The normalized spacial score (nSPS) is 30.3. The fourth-order valence-electron chi connectivity index (χ4n) is 3.82. The van der Waals surface area contributed by atoms with Crippen LogP contribution in [0.5, 0.6) is 0 Å². The Morgan fingerprint density at radius 1 is 1.36 bits per heavy atom. The Hall–Kier alpha value is -0.300. The molecule has 0 spiro atoms. The fourth-order valence-corrected chi connectivity index (χ4v) is 3.82. The third-order valence-electron chi connectivity index (χ3n) is 4.07. The first kappa shape index (κ1) is 19.7. The van der Waals surface area contributed by atoms with E-state index in [0.717, 1.165) is 32.7 Å². The van der Waals surface area contributed by atoms with Crippen molar-refractivity contribution >= 4 is 0 Å². The molecule has 1 aliphatic carbocycles. The van der Waals surface area contributed by atoms with Crippen LogP contribution in [0.1, 0.15) is 47.0 Å². The lowest BCUT2D eigenvalue weighted by Gasteiger charge is -2.46. The highest BCUT2D eigenvalue weighted by molar-refractivity contribution is 4.94. The van der Waals surface area contributed by atoms with E-state index in [0.29, 0.717) is 6.54 Å². The Kier molecular flexibility index (Phi) is 6.74. The summed E-state index contributed by atoms with van der Waals surface area (Å²) in [6.07, 6.45) is 2.29. The number of hydrogen-bond donors (Lipinski definition) is 3. The van der Waals surface area contributed by atoms with Gasteiger partial charge in [-0.05, 0) is 30.1 Å². The minimum Gasteiger partial charge on any atom is -0.389 e. The molecule has 0 aromatic heterocycles. The van der Waals surface area contributed by atoms with Gasteiger partial charge in [0.2, 0.25) is 0 Å². The summed E-state index contributed by atoms with van der Waals surface area (Å²) in [7, 11) is 0. The molecule has 0 aromatic carbocycles. The van der Waals surface area contributed by atoms with Gasteiger partial charge >= 0.3 is 0 Å². The summed E-state index contributed by atoms with van der Waals surface area (Å²) in [5.41, 5.74) is 6.48. The van der Waals surface area contributed by atoms with Crippen LogP contribution in [0, 0.1) is 10.8 Å². The van der Waals surface area contributed by atoms with Gasteiger partial charge in [-0.15, -0.1) is 0 Å². The van der Waals surface area contributed by atoms with Crippen LogP contribution in [-0.4, -0.2) is 49.5 Å². The molecule has 3 atom stereocenters. The number of nitrogens with one attached hydrogen (secondary N) is 1. The third-order valence-corrected chi connectivity index (χ3v) is 4.07. The van der Waals surface area contributed by atoms with Crippen LogP contribution in [-0.2, 0) is 4.74 Å². The molecule has 1 saturated carbocycles. The van der Waals surface area contributed by atoms with Crippen LogP contribution in [0.2, 0.25) is 0 Å². The molecule has 0 saturated heterocycles. The van der Waals surface area contributed by atoms with Crippen molar-refractivity contribution in [3.63, 3.8) is 0 Å².